The maximum Gasteiger partial charge on any atom is 0.133 e. The Hall–Kier alpha value is -0.410. The van der Waals surface area contributed by atoms with E-state index in [2.05, 4.69) is 13.8 Å². The van der Waals surface area contributed by atoms with Gasteiger partial charge in [0.2, 0.25) is 0 Å². The summed E-state index contributed by atoms with van der Waals surface area (Å²) >= 11 is 0. The van der Waals surface area contributed by atoms with Gasteiger partial charge in [0.05, 0.1) is 11.7 Å². The van der Waals surface area contributed by atoms with E-state index in [-0.39, 0.29) is 22.9 Å². The number of hydrogen-bond acceptors (Lipinski definition) is 3. The normalized spacial score (nSPS) is 53.2. The van der Waals surface area contributed by atoms with E-state index in [1.807, 2.05) is 21.0 Å². The van der Waals surface area contributed by atoms with E-state index < -0.39 is 5.60 Å². The largest absolute Gasteiger partial charge is 0.390 e. The second-order valence-corrected chi connectivity index (χ2v) is 11.1. The van der Waals surface area contributed by atoms with Gasteiger partial charge in [0.25, 0.3) is 0 Å². The molecule has 0 unspecified atom stereocenters. The van der Waals surface area contributed by atoms with E-state index in [1.165, 1.54) is 32.1 Å². The molecule has 0 aliphatic heterocycles. The van der Waals surface area contributed by atoms with Gasteiger partial charge in [0, 0.05) is 18.4 Å². The molecule has 4 fully saturated rings. The first-order valence-corrected chi connectivity index (χ1v) is 11.4. The fourth-order valence-electron chi connectivity index (χ4n) is 8.85. The van der Waals surface area contributed by atoms with Crippen LogP contribution in [0.3, 0.4) is 0 Å². The maximum absolute atomic E-state index is 12.3. The van der Waals surface area contributed by atoms with Gasteiger partial charge in [-0.2, -0.15) is 0 Å². The van der Waals surface area contributed by atoms with Crippen LogP contribution in [0, 0.1) is 40.4 Å². The van der Waals surface area contributed by atoms with Crippen molar-refractivity contribution in [2.75, 3.05) is 7.11 Å². The van der Waals surface area contributed by atoms with Crippen molar-refractivity contribution in [2.45, 2.75) is 97.2 Å². The van der Waals surface area contributed by atoms with Gasteiger partial charge in [-0.25, -0.2) is 0 Å². The molecule has 4 aliphatic carbocycles. The Kier molecular flexibility index (Phi) is 4.83. The van der Waals surface area contributed by atoms with E-state index in [4.69, 9.17) is 4.74 Å². The highest BCUT2D eigenvalue weighted by molar-refractivity contribution is 5.79. The zero-order valence-electron chi connectivity index (χ0n) is 18.1. The number of carbonyl (C=O) groups excluding carboxylic acids is 1. The summed E-state index contributed by atoms with van der Waals surface area (Å²) < 4.78 is 6.03. The van der Waals surface area contributed by atoms with Crippen molar-refractivity contribution in [3.63, 3.8) is 0 Å². The Morgan fingerprint density at radius 2 is 1.78 bits per heavy atom. The molecule has 0 saturated heterocycles. The lowest BCUT2D eigenvalue weighted by Gasteiger charge is -2.64. The fourth-order valence-corrected chi connectivity index (χ4v) is 8.85. The average Bonchev–Trinajstić information content (AvgIpc) is 2.97. The number of hydrogen-bond donors (Lipinski definition) is 1. The molecule has 0 radical (unpaired) electrons. The Morgan fingerprint density at radius 1 is 1.04 bits per heavy atom. The topological polar surface area (TPSA) is 46.5 Å². The van der Waals surface area contributed by atoms with Crippen molar-refractivity contribution < 1.29 is 14.6 Å². The Bertz CT molecular complexity index is 598. The van der Waals surface area contributed by atoms with Crippen molar-refractivity contribution in [3.05, 3.63) is 0 Å². The molecule has 0 aromatic carbocycles. The predicted octanol–water partition coefficient (Wildman–Crippen LogP) is 5.00. The Balaban J connectivity index is 1.69. The zero-order chi connectivity index (χ0) is 19.6. The molecule has 4 aliphatic rings. The third-order valence-corrected chi connectivity index (χ3v) is 10.1. The van der Waals surface area contributed by atoms with Gasteiger partial charge in [-0.1, -0.05) is 6.92 Å². The average molecular weight is 377 g/mol. The first kappa shape index (κ1) is 19.9. The zero-order valence-corrected chi connectivity index (χ0v) is 18.1. The fraction of sp³-hybridized carbons (Fsp3) is 0.958. The molecule has 4 rings (SSSR count). The SMILES string of the molecule is CO[C@@H](C)[C@]12CC[C@@](C)(O)C[C@@H]1CC[C@H]1[C@@H]3CC[C@H](C(C)=O)[C@@]3(C)CC[C@@H]12. The highest BCUT2D eigenvalue weighted by Gasteiger charge is 2.64. The quantitative estimate of drug-likeness (QED) is 0.754. The lowest BCUT2D eigenvalue weighted by atomic mass is 9.42. The van der Waals surface area contributed by atoms with Gasteiger partial charge < -0.3 is 9.84 Å². The number of ether oxygens (including phenoxy) is 1. The highest BCUT2D eigenvalue weighted by atomic mass is 16.5. The van der Waals surface area contributed by atoms with E-state index >= 15 is 0 Å². The summed E-state index contributed by atoms with van der Waals surface area (Å²) in [5, 5.41) is 10.8. The molecule has 154 valence electrons. The summed E-state index contributed by atoms with van der Waals surface area (Å²) in [4.78, 5) is 12.3. The molecule has 0 aromatic rings. The minimum Gasteiger partial charge on any atom is -0.390 e. The number of fused-ring (bicyclic) bond motifs is 5. The van der Waals surface area contributed by atoms with E-state index in [9.17, 15) is 9.90 Å². The molecule has 3 heteroatoms. The third-order valence-electron chi connectivity index (χ3n) is 10.1. The molecular formula is C24H40O3. The van der Waals surface area contributed by atoms with Crippen LogP contribution in [0.4, 0.5) is 0 Å². The van der Waals surface area contributed by atoms with Crippen LogP contribution in [0.1, 0.15) is 85.5 Å². The summed E-state index contributed by atoms with van der Waals surface area (Å²) in [6.45, 7) is 8.57. The van der Waals surface area contributed by atoms with E-state index in [0.717, 1.165) is 31.6 Å². The number of rotatable bonds is 3. The lowest BCUT2D eigenvalue weighted by Crippen LogP contribution is -2.60. The van der Waals surface area contributed by atoms with E-state index in [0.29, 0.717) is 23.5 Å². The maximum atomic E-state index is 12.3. The highest BCUT2D eigenvalue weighted by Crippen LogP contribution is 2.69. The summed E-state index contributed by atoms with van der Waals surface area (Å²) in [6, 6.07) is 0. The van der Waals surface area contributed by atoms with Crippen LogP contribution < -0.4 is 0 Å². The van der Waals surface area contributed by atoms with Crippen LogP contribution in [0.5, 0.6) is 0 Å². The Labute approximate surface area is 165 Å². The van der Waals surface area contributed by atoms with Crippen molar-refractivity contribution in [1.29, 1.82) is 0 Å². The standard InChI is InChI=1S/C24H40O3/c1-15(25)19-8-9-20-18-7-6-17-14-22(3,26)12-13-24(17,16(2)27-5)21(18)10-11-23(19,20)4/h16-21,26H,6-14H2,1-5H3/t16-,17-,18-,19+,20-,21-,22+,23+,24+/m0/s1. The Morgan fingerprint density at radius 3 is 2.44 bits per heavy atom. The van der Waals surface area contributed by atoms with Gasteiger partial charge >= 0.3 is 0 Å². The second kappa shape index (κ2) is 6.55. The minimum atomic E-state index is -0.509. The third kappa shape index (κ3) is 2.78. The number of methoxy groups -OCH3 is 1. The first-order chi connectivity index (χ1) is 12.7. The van der Waals surface area contributed by atoms with E-state index in [1.54, 1.807) is 0 Å². The van der Waals surface area contributed by atoms with Crippen LogP contribution in [0.15, 0.2) is 0 Å². The molecule has 0 amide bonds. The molecule has 0 spiro atoms. The van der Waals surface area contributed by atoms with Gasteiger partial charge in [-0.15, -0.1) is 0 Å². The van der Waals surface area contributed by atoms with Gasteiger partial charge in [0.1, 0.15) is 5.78 Å². The molecule has 27 heavy (non-hydrogen) atoms. The van der Waals surface area contributed by atoms with Crippen LogP contribution in [-0.4, -0.2) is 29.7 Å². The van der Waals surface area contributed by atoms with Crippen LogP contribution >= 0.6 is 0 Å². The lowest BCUT2D eigenvalue weighted by molar-refractivity contribution is -0.198. The summed E-state index contributed by atoms with van der Waals surface area (Å²) in [7, 11) is 1.88. The molecule has 9 atom stereocenters. The first-order valence-electron chi connectivity index (χ1n) is 11.4. The van der Waals surface area contributed by atoms with Gasteiger partial charge in [-0.3, -0.25) is 4.79 Å². The molecule has 3 nitrogen and oxygen atoms in total. The summed E-state index contributed by atoms with van der Waals surface area (Å²) in [6.07, 6.45) is 10.5. The molecule has 0 heterocycles. The molecular weight excluding hydrogens is 336 g/mol. The smallest absolute Gasteiger partial charge is 0.133 e. The number of Topliss-reactive ketones (excluding diaryl/α,β-unsaturated/α-hetero) is 1. The monoisotopic (exact) mass is 376 g/mol. The number of carbonyl (C=O) groups is 1. The number of aliphatic hydroxyl groups is 1. The van der Waals surface area contributed by atoms with Gasteiger partial charge in [0.15, 0.2) is 0 Å². The van der Waals surface area contributed by atoms with Crippen LogP contribution in [-0.2, 0) is 9.53 Å². The summed E-state index contributed by atoms with van der Waals surface area (Å²) in [5.41, 5.74) is -0.0717. The van der Waals surface area contributed by atoms with Crippen molar-refractivity contribution >= 4 is 5.78 Å². The number of ketones is 1. The van der Waals surface area contributed by atoms with Crippen molar-refractivity contribution in [3.8, 4) is 0 Å². The predicted molar refractivity (Wildman–Crippen MR) is 107 cm³/mol. The molecule has 4 saturated carbocycles. The van der Waals surface area contributed by atoms with Crippen molar-refractivity contribution in [2.24, 2.45) is 40.4 Å². The van der Waals surface area contributed by atoms with Crippen LogP contribution in [0.25, 0.3) is 0 Å². The minimum absolute atomic E-state index is 0.218. The van der Waals surface area contributed by atoms with Crippen LogP contribution in [0.2, 0.25) is 0 Å². The molecule has 0 bridgehead atoms. The second-order valence-electron chi connectivity index (χ2n) is 11.1. The van der Waals surface area contributed by atoms with Crippen molar-refractivity contribution in [1.82, 2.24) is 0 Å². The van der Waals surface area contributed by atoms with Gasteiger partial charge in [-0.05, 0) is 108 Å². The molecule has 1 N–H and O–H groups in total. The molecule has 0 aromatic heterocycles. The summed E-state index contributed by atoms with van der Waals surface area (Å²) in [5.74, 6) is 3.42.